The Kier molecular flexibility index (Phi) is 2.27. The van der Waals surface area contributed by atoms with Crippen molar-refractivity contribution in [1.82, 2.24) is 9.38 Å². The van der Waals surface area contributed by atoms with Crippen molar-refractivity contribution in [3.8, 4) is 0 Å². The first kappa shape index (κ1) is 11.9. The lowest BCUT2D eigenvalue weighted by Gasteiger charge is -2.06. The van der Waals surface area contributed by atoms with Crippen molar-refractivity contribution in [2.45, 2.75) is 0 Å². The van der Waals surface area contributed by atoms with Crippen LogP contribution in [0.3, 0.4) is 0 Å². The van der Waals surface area contributed by atoms with Gasteiger partial charge < -0.3 is 0 Å². The molecule has 0 amide bonds. The van der Waals surface area contributed by atoms with E-state index < -0.39 is 0 Å². The summed E-state index contributed by atoms with van der Waals surface area (Å²) in [6.45, 7) is 7.68. The van der Waals surface area contributed by atoms with E-state index in [1.807, 2.05) is 36.4 Å². The second kappa shape index (κ2) is 4.03. The molecule has 2 heterocycles. The van der Waals surface area contributed by atoms with Gasteiger partial charge in [-0.3, -0.25) is 9.20 Å². The number of rotatable bonds is 1. The number of imidazole rings is 1. The molecular weight excluding hydrogens is 260 g/mol. The number of aromatic nitrogens is 2. The summed E-state index contributed by atoms with van der Waals surface area (Å²) in [6, 6.07) is 11.8. The third kappa shape index (κ3) is 1.43. The summed E-state index contributed by atoms with van der Waals surface area (Å²) >= 11 is 0. The smallest absolute Gasteiger partial charge is 0.264 e. The third-order valence-corrected chi connectivity index (χ3v) is 3.86. The van der Waals surface area contributed by atoms with Crippen LogP contribution in [-0.4, -0.2) is 9.38 Å². The van der Waals surface area contributed by atoms with Gasteiger partial charge in [0.1, 0.15) is 5.65 Å². The Morgan fingerprint density at radius 1 is 1.10 bits per heavy atom. The molecule has 2 aromatic carbocycles. The zero-order chi connectivity index (χ0) is 14.6. The predicted octanol–water partition coefficient (Wildman–Crippen LogP) is 1.82. The van der Waals surface area contributed by atoms with Crippen LogP contribution in [0.1, 0.15) is 0 Å². The molecule has 4 rings (SSSR count). The number of hydrogen-bond acceptors (Lipinski definition) is 2. The fraction of sp³-hybridized carbons (Fsp3) is 0. The van der Waals surface area contributed by atoms with Crippen molar-refractivity contribution in [3.63, 3.8) is 0 Å². The number of hydrogen-bond donors (Lipinski definition) is 0. The molecule has 0 aliphatic rings. The Morgan fingerprint density at radius 3 is 2.52 bits per heavy atom. The minimum Gasteiger partial charge on any atom is -0.268 e. The van der Waals surface area contributed by atoms with Crippen LogP contribution in [0.15, 0.2) is 53.8 Å². The number of allylic oxidation sites excluding steroid dienone is 1. The standard InChI is InChI=1S/C18H12N2O/c1-3-6-15-11(2)20-17(19-15)13-9-4-7-12-8-5-10-14(16(12)13)18(20)21/h3-10H,1-2H2/b15-6+. The van der Waals surface area contributed by atoms with Crippen LogP contribution >= 0.6 is 0 Å². The maximum atomic E-state index is 12.8. The fourth-order valence-corrected chi connectivity index (χ4v) is 2.94. The molecule has 0 saturated heterocycles. The largest absolute Gasteiger partial charge is 0.268 e. The van der Waals surface area contributed by atoms with E-state index in [1.54, 1.807) is 16.6 Å². The average Bonchev–Trinajstić information content (AvgIpc) is 2.82. The summed E-state index contributed by atoms with van der Waals surface area (Å²) in [6.07, 6.45) is 3.42. The number of fused-ring (bicyclic) bond motifs is 2. The summed E-state index contributed by atoms with van der Waals surface area (Å²) in [5.41, 5.74) is 0.581. The van der Waals surface area contributed by atoms with Gasteiger partial charge in [-0.15, -0.1) is 0 Å². The Balaban J connectivity index is 2.49. The highest BCUT2D eigenvalue weighted by atomic mass is 16.1. The van der Waals surface area contributed by atoms with Gasteiger partial charge in [0.2, 0.25) is 0 Å². The zero-order valence-corrected chi connectivity index (χ0v) is 11.3. The maximum Gasteiger partial charge on any atom is 0.264 e. The van der Waals surface area contributed by atoms with Gasteiger partial charge in [0.15, 0.2) is 0 Å². The molecule has 4 aromatic rings. The SMILES string of the molecule is C=C/C=c1/nc2c3cccc4cccc(c(=O)n2c1=C)c43. The quantitative estimate of drug-likeness (QED) is 0.529. The van der Waals surface area contributed by atoms with Gasteiger partial charge in [-0.2, -0.15) is 0 Å². The Hall–Kier alpha value is -2.94. The molecule has 2 aromatic heterocycles. The summed E-state index contributed by atoms with van der Waals surface area (Å²) < 4.78 is 1.59. The minimum atomic E-state index is -0.0736. The Labute approximate surface area is 120 Å². The van der Waals surface area contributed by atoms with Crippen molar-refractivity contribution in [2.75, 3.05) is 0 Å². The average molecular weight is 272 g/mol. The second-order valence-electron chi connectivity index (χ2n) is 5.02. The molecule has 0 N–H and O–H groups in total. The van der Waals surface area contributed by atoms with E-state index >= 15 is 0 Å². The van der Waals surface area contributed by atoms with Gasteiger partial charge in [-0.25, -0.2) is 4.98 Å². The van der Waals surface area contributed by atoms with Crippen molar-refractivity contribution in [2.24, 2.45) is 0 Å². The van der Waals surface area contributed by atoms with Gasteiger partial charge in [0.25, 0.3) is 5.56 Å². The van der Waals surface area contributed by atoms with Crippen molar-refractivity contribution < 1.29 is 0 Å². The monoisotopic (exact) mass is 272 g/mol. The summed E-state index contributed by atoms with van der Waals surface area (Å²) in [5, 5.41) is 4.96. The molecule has 0 saturated carbocycles. The van der Waals surface area contributed by atoms with Crippen molar-refractivity contribution in [1.29, 1.82) is 0 Å². The van der Waals surface area contributed by atoms with Crippen molar-refractivity contribution >= 4 is 39.8 Å². The molecule has 0 atom stereocenters. The normalized spacial score (nSPS) is 12.7. The van der Waals surface area contributed by atoms with Crippen LogP contribution in [0.4, 0.5) is 0 Å². The maximum absolute atomic E-state index is 12.8. The molecule has 0 aliphatic carbocycles. The van der Waals surface area contributed by atoms with E-state index in [4.69, 9.17) is 0 Å². The van der Waals surface area contributed by atoms with E-state index in [2.05, 4.69) is 18.1 Å². The van der Waals surface area contributed by atoms with Gasteiger partial charge in [-0.1, -0.05) is 49.6 Å². The van der Waals surface area contributed by atoms with E-state index in [0.717, 1.165) is 16.2 Å². The van der Waals surface area contributed by atoms with Gasteiger partial charge in [0, 0.05) is 16.2 Å². The molecule has 0 fully saturated rings. The predicted molar refractivity (Wildman–Crippen MR) is 87.1 cm³/mol. The molecule has 0 radical (unpaired) electrons. The number of benzene rings is 2. The molecule has 0 bridgehead atoms. The summed E-state index contributed by atoms with van der Waals surface area (Å²) in [4.78, 5) is 17.3. The molecule has 0 unspecified atom stereocenters. The highest BCUT2D eigenvalue weighted by Gasteiger charge is 2.13. The molecule has 3 heteroatoms. The second-order valence-corrected chi connectivity index (χ2v) is 5.02. The van der Waals surface area contributed by atoms with Crippen LogP contribution in [0.2, 0.25) is 0 Å². The lowest BCUT2D eigenvalue weighted by Crippen LogP contribution is -2.31. The van der Waals surface area contributed by atoms with Gasteiger partial charge in [-0.05, 0) is 17.5 Å². The molecule has 0 spiro atoms. The van der Waals surface area contributed by atoms with Gasteiger partial charge >= 0.3 is 0 Å². The minimum absolute atomic E-state index is 0.0736. The van der Waals surface area contributed by atoms with Crippen molar-refractivity contribution in [3.05, 3.63) is 70.1 Å². The van der Waals surface area contributed by atoms with E-state index in [1.165, 1.54) is 0 Å². The van der Waals surface area contributed by atoms with Crippen LogP contribution in [0.5, 0.6) is 0 Å². The lowest BCUT2D eigenvalue weighted by atomic mass is 10.0. The Bertz CT molecular complexity index is 1180. The molecule has 100 valence electrons. The fourth-order valence-electron chi connectivity index (χ4n) is 2.94. The van der Waals surface area contributed by atoms with Gasteiger partial charge in [0.05, 0.1) is 10.7 Å². The number of pyridine rings is 1. The first-order valence-electron chi connectivity index (χ1n) is 6.69. The Morgan fingerprint density at radius 2 is 1.81 bits per heavy atom. The highest BCUT2D eigenvalue weighted by molar-refractivity contribution is 6.14. The summed E-state index contributed by atoms with van der Waals surface area (Å²) in [7, 11) is 0. The third-order valence-electron chi connectivity index (χ3n) is 3.86. The topological polar surface area (TPSA) is 34.4 Å². The van der Waals surface area contributed by atoms with Crippen LogP contribution < -0.4 is 16.3 Å². The lowest BCUT2D eigenvalue weighted by molar-refractivity contribution is 1.10. The number of nitrogens with zero attached hydrogens (tertiary/aromatic N) is 2. The first-order chi connectivity index (χ1) is 10.2. The first-order valence-corrected chi connectivity index (χ1v) is 6.69. The zero-order valence-electron chi connectivity index (χ0n) is 11.3. The van der Waals surface area contributed by atoms with Crippen LogP contribution in [0, 0.1) is 0 Å². The summed E-state index contributed by atoms with van der Waals surface area (Å²) in [5.74, 6) is 0. The van der Waals surface area contributed by atoms with Crippen LogP contribution in [-0.2, 0) is 0 Å². The van der Waals surface area contributed by atoms with E-state index in [0.29, 0.717) is 21.7 Å². The molecule has 0 aliphatic heterocycles. The van der Waals surface area contributed by atoms with Crippen LogP contribution in [0.25, 0.3) is 39.8 Å². The van der Waals surface area contributed by atoms with E-state index in [-0.39, 0.29) is 5.56 Å². The van der Waals surface area contributed by atoms with E-state index in [9.17, 15) is 4.79 Å². The molecule has 21 heavy (non-hydrogen) atoms. The molecule has 3 nitrogen and oxygen atoms in total. The highest BCUT2D eigenvalue weighted by Crippen LogP contribution is 2.25. The molecular formula is C18H12N2O.